The highest BCUT2D eigenvalue weighted by Crippen LogP contribution is 2.43. The van der Waals surface area contributed by atoms with Gasteiger partial charge >= 0.3 is 5.97 Å². The van der Waals surface area contributed by atoms with Crippen molar-refractivity contribution in [2.24, 2.45) is 0 Å². The summed E-state index contributed by atoms with van der Waals surface area (Å²) in [5.74, 6) is -1.40. The Kier molecular flexibility index (Phi) is 3.41. The smallest absolute Gasteiger partial charge is 0.335 e. The second-order valence-corrected chi connectivity index (χ2v) is 5.90. The fourth-order valence-electron chi connectivity index (χ4n) is 2.80. The maximum atomic E-state index is 12.6. The van der Waals surface area contributed by atoms with E-state index < -0.39 is 5.97 Å². The van der Waals surface area contributed by atoms with Crippen molar-refractivity contribution < 1.29 is 14.7 Å². The molecule has 0 bridgehead atoms. The van der Waals surface area contributed by atoms with Crippen molar-refractivity contribution in [3.05, 3.63) is 58.1 Å². The second kappa shape index (κ2) is 5.14. The number of nitrogens with zero attached hydrogens (tertiary/aromatic N) is 1. The number of aryl methyl sites for hydroxylation is 1. The Morgan fingerprint density at radius 1 is 1.23 bits per heavy atom. The van der Waals surface area contributed by atoms with Gasteiger partial charge in [0.2, 0.25) is 5.91 Å². The molecule has 5 heteroatoms. The normalized spacial score (nSPS) is 16.8. The van der Waals surface area contributed by atoms with Crippen molar-refractivity contribution in [1.29, 1.82) is 0 Å². The zero-order valence-corrected chi connectivity index (χ0v) is 12.9. The van der Waals surface area contributed by atoms with E-state index in [0.717, 1.165) is 16.8 Å². The maximum Gasteiger partial charge on any atom is 0.335 e. The molecule has 2 aromatic rings. The largest absolute Gasteiger partial charge is 0.478 e. The molecule has 0 radical (unpaired) electrons. The van der Waals surface area contributed by atoms with Gasteiger partial charge in [0.1, 0.15) is 0 Å². The molecule has 1 atom stereocenters. The topological polar surface area (TPSA) is 57.6 Å². The van der Waals surface area contributed by atoms with Gasteiger partial charge in [-0.15, -0.1) is 0 Å². The molecule has 0 saturated heterocycles. The number of aromatic carboxylic acids is 1. The minimum absolute atomic E-state index is 0.0841. The number of anilines is 2. The van der Waals surface area contributed by atoms with Crippen LogP contribution >= 0.6 is 11.6 Å². The van der Waals surface area contributed by atoms with E-state index >= 15 is 0 Å². The Morgan fingerprint density at radius 2 is 1.95 bits per heavy atom. The van der Waals surface area contributed by atoms with Crippen LogP contribution in [0.15, 0.2) is 36.4 Å². The van der Waals surface area contributed by atoms with Crippen molar-refractivity contribution in [1.82, 2.24) is 0 Å². The SMILES string of the molecule is Cc1cc(C(=O)O)cc(N2C(=O)[C@H](C)c3cc(Cl)ccc32)c1. The summed E-state index contributed by atoms with van der Waals surface area (Å²) in [5.41, 5.74) is 3.13. The molecular weight excluding hydrogens is 302 g/mol. The van der Waals surface area contributed by atoms with E-state index in [9.17, 15) is 14.7 Å². The zero-order chi connectivity index (χ0) is 16.0. The molecule has 2 aromatic carbocycles. The van der Waals surface area contributed by atoms with Gasteiger partial charge in [-0.2, -0.15) is 0 Å². The number of rotatable bonds is 2. The Hall–Kier alpha value is -2.33. The third-order valence-corrected chi connectivity index (χ3v) is 4.09. The second-order valence-electron chi connectivity index (χ2n) is 5.46. The number of hydrogen-bond acceptors (Lipinski definition) is 2. The molecule has 0 fully saturated rings. The fraction of sp³-hybridized carbons (Fsp3) is 0.176. The molecule has 22 heavy (non-hydrogen) atoms. The first-order chi connectivity index (χ1) is 10.4. The van der Waals surface area contributed by atoms with E-state index in [1.54, 1.807) is 35.2 Å². The van der Waals surface area contributed by atoms with Crippen molar-refractivity contribution >= 4 is 34.9 Å². The van der Waals surface area contributed by atoms with Gasteiger partial charge < -0.3 is 5.11 Å². The van der Waals surface area contributed by atoms with Crippen LogP contribution in [0.2, 0.25) is 5.02 Å². The molecule has 0 unspecified atom stereocenters. The molecule has 0 spiro atoms. The number of carbonyl (C=O) groups is 2. The molecule has 112 valence electrons. The average molecular weight is 316 g/mol. The van der Waals surface area contributed by atoms with E-state index in [1.165, 1.54) is 6.07 Å². The third-order valence-electron chi connectivity index (χ3n) is 3.86. The van der Waals surface area contributed by atoms with Gasteiger partial charge in [-0.05, 0) is 61.4 Å². The molecule has 0 saturated carbocycles. The lowest BCUT2D eigenvalue weighted by molar-refractivity contribution is -0.118. The number of carboxylic acid groups (broad SMARTS) is 1. The highest BCUT2D eigenvalue weighted by atomic mass is 35.5. The fourth-order valence-corrected chi connectivity index (χ4v) is 2.98. The first kappa shape index (κ1) is 14.6. The van der Waals surface area contributed by atoms with Crippen LogP contribution in [0, 0.1) is 6.92 Å². The van der Waals surface area contributed by atoms with Crippen molar-refractivity contribution in [2.75, 3.05) is 4.90 Å². The van der Waals surface area contributed by atoms with Gasteiger partial charge in [-0.25, -0.2) is 4.79 Å². The summed E-state index contributed by atoms with van der Waals surface area (Å²) in [6.45, 7) is 3.63. The molecular formula is C17H14ClNO3. The van der Waals surface area contributed by atoms with Crippen LogP contribution in [0.1, 0.15) is 34.3 Å². The standard InChI is InChI=1S/C17H14ClNO3/c1-9-5-11(17(21)22)7-13(6-9)19-15-4-3-12(18)8-14(15)10(2)16(19)20/h3-8,10H,1-2H3,(H,21,22)/t10-/m1/s1. The number of fused-ring (bicyclic) bond motifs is 1. The molecule has 1 N–H and O–H groups in total. The Labute approximate surface area is 132 Å². The molecule has 3 rings (SSSR count). The van der Waals surface area contributed by atoms with E-state index in [4.69, 9.17) is 11.6 Å². The van der Waals surface area contributed by atoms with Crippen molar-refractivity contribution in [2.45, 2.75) is 19.8 Å². The number of amides is 1. The highest BCUT2D eigenvalue weighted by Gasteiger charge is 2.35. The maximum absolute atomic E-state index is 12.6. The van der Waals surface area contributed by atoms with Gasteiger partial charge in [0.05, 0.1) is 22.9 Å². The van der Waals surface area contributed by atoms with Crippen LogP contribution in [-0.4, -0.2) is 17.0 Å². The van der Waals surface area contributed by atoms with Gasteiger partial charge in [0.25, 0.3) is 0 Å². The van der Waals surface area contributed by atoms with Crippen LogP contribution in [0.5, 0.6) is 0 Å². The molecule has 1 amide bonds. The Balaban J connectivity index is 2.17. The van der Waals surface area contributed by atoms with E-state index in [-0.39, 0.29) is 17.4 Å². The van der Waals surface area contributed by atoms with Gasteiger partial charge in [0.15, 0.2) is 0 Å². The average Bonchev–Trinajstić information content (AvgIpc) is 2.70. The molecule has 1 aliphatic rings. The van der Waals surface area contributed by atoms with Crippen LogP contribution < -0.4 is 4.90 Å². The molecule has 4 nitrogen and oxygen atoms in total. The first-order valence-electron chi connectivity index (χ1n) is 6.87. The molecule has 1 aliphatic heterocycles. The number of halogens is 1. The minimum atomic E-state index is -1.01. The quantitative estimate of drug-likeness (QED) is 0.906. The van der Waals surface area contributed by atoms with Gasteiger partial charge in [-0.3, -0.25) is 9.69 Å². The first-order valence-corrected chi connectivity index (χ1v) is 7.24. The summed E-state index contributed by atoms with van der Waals surface area (Å²) in [7, 11) is 0. The minimum Gasteiger partial charge on any atom is -0.478 e. The molecule has 0 aliphatic carbocycles. The van der Waals surface area contributed by atoms with Crippen LogP contribution in [-0.2, 0) is 4.79 Å². The molecule has 1 heterocycles. The van der Waals surface area contributed by atoms with Crippen LogP contribution in [0.3, 0.4) is 0 Å². The van der Waals surface area contributed by atoms with E-state index in [1.807, 2.05) is 13.8 Å². The predicted octanol–water partition coefficient (Wildman–Crippen LogP) is 4.13. The summed E-state index contributed by atoms with van der Waals surface area (Å²) >= 11 is 6.01. The summed E-state index contributed by atoms with van der Waals surface area (Å²) in [6.07, 6.45) is 0. The lowest BCUT2D eigenvalue weighted by atomic mass is 10.0. The van der Waals surface area contributed by atoms with E-state index in [2.05, 4.69) is 0 Å². The Morgan fingerprint density at radius 3 is 2.64 bits per heavy atom. The number of hydrogen-bond donors (Lipinski definition) is 1. The summed E-state index contributed by atoms with van der Waals surface area (Å²) < 4.78 is 0. The summed E-state index contributed by atoms with van der Waals surface area (Å²) in [4.78, 5) is 25.4. The lowest BCUT2D eigenvalue weighted by Crippen LogP contribution is -2.23. The Bertz CT molecular complexity index is 800. The van der Waals surface area contributed by atoms with Crippen molar-refractivity contribution in [3.8, 4) is 0 Å². The van der Waals surface area contributed by atoms with E-state index in [0.29, 0.717) is 10.7 Å². The summed E-state index contributed by atoms with van der Waals surface area (Å²) in [5, 5.41) is 9.78. The zero-order valence-electron chi connectivity index (χ0n) is 12.1. The number of benzene rings is 2. The van der Waals surface area contributed by atoms with Crippen LogP contribution in [0.4, 0.5) is 11.4 Å². The third kappa shape index (κ3) is 2.25. The lowest BCUT2D eigenvalue weighted by Gasteiger charge is -2.19. The predicted molar refractivity (Wildman–Crippen MR) is 85.2 cm³/mol. The highest BCUT2D eigenvalue weighted by molar-refractivity contribution is 6.31. The summed E-state index contributed by atoms with van der Waals surface area (Å²) in [6, 6.07) is 10.2. The monoisotopic (exact) mass is 315 g/mol. The van der Waals surface area contributed by atoms with Crippen molar-refractivity contribution in [3.63, 3.8) is 0 Å². The van der Waals surface area contributed by atoms with Gasteiger partial charge in [-0.1, -0.05) is 11.6 Å². The molecule has 0 aromatic heterocycles. The number of carboxylic acids is 1. The van der Waals surface area contributed by atoms with Gasteiger partial charge in [0, 0.05) is 5.02 Å². The number of carbonyl (C=O) groups excluding carboxylic acids is 1. The van der Waals surface area contributed by atoms with Crippen LogP contribution in [0.25, 0.3) is 0 Å².